The van der Waals surface area contributed by atoms with E-state index in [0.717, 1.165) is 30.2 Å². The summed E-state index contributed by atoms with van der Waals surface area (Å²) in [6, 6.07) is 6.03. The molecule has 0 amide bonds. The van der Waals surface area contributed by atoms with Gasteiger partial charge >= 0.3 is 0 Å². The highest BCUT2D eigenvalue weighted by Gasteiger charge is 2.02. The van der Waals surface area contributed by atoms with Gasteiger partial charge in [0.2, 0.25) is 0 Å². The van der Waals surface area contributed by atoms with E-state index in [-0.39, 0.29) is 0 Å². The first-order chi connectivity index (χ1) is 8.71. The molecule has 1 N–H and O–H groups in total. The largest absolute Gasteiger partial charge is 0.497 e. The highest BCUT2D eigenvalue weighted by atomic mass is 16.5. The van der Waals surface area contributed by atoms with Gasteiger partial charge in [-0.05, 0) is 25.6 Å². The first-order valence-corrected chi connectivity index (χ1v) is 6.02. The van der Waals surface area contributed by atoms with Gasteiger partial charge < -0.3 is 14.6 Å². The minimum Gasteiger partial charge on any atom is -0.497 e. The number of hydrogen-bond acceptors (Lipinski definition) is 3. The zero-order valence-corrected chi connectivity index (χ0v) is 11.1. The van der Waals surface area contributed by atoms with Crippen molar-refractivity contribution < 1.29 is 4.74 Å². The second-order valence-corrected chi connectivity index (χ2v) is 4.36. The Morgan fingerprint density at radius 3 is 2.94 bits per heavy atom. The molecule has 0 aliphatic carbocycles. The summed E-state index contributed by atoms with van der Waals surface area (Å²) >= 11 is 0. The standard InChI is InChI=1S/C14H19N3O/c1-11-6-14(18-3)7-13(16-11)10-17-5-4-12(9-17)8-15-2/h4-7,9,15H,8,10H2,1-3H3. The van der Waals surface area contributed by atoms with Crippen LogP contribution in [0.1, 0.15) is 17.0 Å². The van der Waals surface area contributed by atoms with E-state index in [1.807, 2.05) is 26.1 Å². The summed E-state index contributed by atoms with van der Waals surface area (Å²) < 4.78 is 7.39. The van der Waals surface area contributed by atoms with Crippen LogP contribution in [-0.2, 0) is 13.1 Å². The van der Waals surface area contributed by atoms with Crippen molar-refractivity contribution in [3.63, 3.8) is 0 Å². The lowest BCUT2D eigenvalue weighted by Crippen LogP contribution is -2.04. The number of aryl methyl sites for hydroxylation is 1. The third-order valence-electron chi connectivity index (χ3n) is 2.75. The van der Waals surface area contributed by atoms with Crippen LogP contribution in [0.3, 0.4) is 0 Å². The molecule has 0 bridgehead atoms. The molecular weight excluding hydrogens is 226 g/mol. The monoisotopic (exact) mass is 245 g/mol. The molecule has 0 radical (unpaired) electrons. The van der Waals surface area contributed by atoms with E-state index < -0.39 is 0 Å². The summed E-state index contributed by atoms with van der Waals surface area (Å²) in [5.74, 6) is 0.861. The maximum absolute atomic E-state index is 5.26. The average molecular weight is 245 g/mol. The molecule has 18 heavy (non-hydrogen) atoms. The lowest BCUT2D eigenvalue weighted by Gasteiger charge is -2.07. The van der Waals surface area contributed by atoms with Crippen LogP contribution in [0.5, 0.6) is 5.75 Å². The molecule has 0 saturated carbocycles. The number of pyridine rings is 1. The lowest BCUT2D eigenvalue weighted by atomic mass is 10.3. The Kier molecular flexibility index (Phi) is 3.99. The van der Waals surface area contributed by atoms with Gasteiger partial charge in [-0.1, -0.05) is 0 Å². The van der Waals surface area contributed by atoms with Crippen molar-refractivity contribution in [2.45, 2.75) is 20.0 Å². The predicted molar refractivity (Wildman–Crippen MR) is 71.8 cm³/mol. The second kappa shape index (κ2) is 5.69. The number of nitrogens with zero attached hydrogens (tertiary/aromatic N) is 2. The van der Waals surface area contributed by atoms with E-state index in [0.29, 0.717) is 0 Å². The molecule has 2 rings (SSSR count). The van der Waals surface area contributed by atoms with Gasteiger partial charge in [0.05, 0.1) is 19.3 Å². The van der Waals surface area contributed by atoms with E-state index >= 15 is 0 Å². The van der Waals surface area contributed by atoms with Gasteiger partial charge in [-0.25, -0.2) is 0 Å². The summed E-state index contributed by atoms with van der Waals surface area (Å²) in [4.78, 5) is 4.52. The second-order valence-electron chi connectivity index (χ2n) is 4.36. The molecule has 0 unspecified atom stereocenters. The Hall–Kier alpha value is -1.81. The fourth-order valence-corrected chi connectivity index (χ4v) is 1.99. The number of ether oxygens (including phenoxy) is 1. The van der Waals surface area contributed by atoms with Crippen LogP contribution < -0.4 is 10.1 Å². The number of rotatable bonds is 5. The third-order valence-corrected chi connectivity index (χ3v) is 2.75. The summed E-state index contributed by atoms with van der Waals surface area (Å²) in [6.45, 7) is 3.63. The fraction of sp³-hybridized carbons (Fsp3) is 0.357. The summed E-state index contributed by atoms with van der Waals surface area (Å²) in [5, 5.41) is 3.14. The maximum Gasteiger partial charge on any atom is 0.122 e. The fourth-order valence-electron chi connectivity index (χ4n) is 1.99. The quantitative estimate of drug-likeness (QED) is 0.875. The zero-order valence-electron chi connectivity index (χ0n) is 11.1. The summed E-state index contributed by atoms with van der Waals surface area (Å²) in [5.41, 5.74) is 3.27. The molecule has 0 fully saturated rings. The minimum atomic E-state index is 0.766. The molecule has 0 aliphatic heterocycles. The third kappa shape index (κ3) is 3.11. The molecule has 4 heteroatoms. The van der Waals surface area contributed by atoms with E-state index in [9.17, 15) is 0 Å². The van der Waals surface area contributed by atoms with Gasteiger partial charge in [0, 0.05) is 36.8 Å². The van der Waals surface area contributed by atoms with Gasteiger partial charge in [0.1, 0.15) is 5.75 Å². The van der Waals surface area contributed by atoms with E-state index in [4.69, 9.17) is 4.74 Å². The maximum atomic E-state index is 5.26. The molecule has 0 aliphatic rings. The van der Waals surface area contributed by atoms with Crippen molar-refractivity contribution in [2.75, 3.05) is 14.2 Å². The average Bonchev–Trinajstić information content (AvgIpc) is 2.76. The predicted octanol–water partition coefficient (Wildman–Crippen LogP) is 1.97. The molecule has 2 aromatic heterocycles. The first kappa shape index (κ1) is 12.6. The number of aromatic nitrogens is 2. The van der Waals surface area contributed by atoms with E-state index in [1.165, 1.54) is 5.56 Å². The first-order valence-electron chi connectivity index (χ1n) is 6.02. The van der Waals surface area contributed by atoms with Crippen LogP contribution in [0.25, 0.3) is 0 Å². The van der Waals surface area contributed by atoms with Gasteiger partial charge in [-0.2, -0.15) is 0 Å². The highest BCUT2D eigenvalue weighted by molar-refractivity contribution is 5.27. The van der Waals surface area contributed by atoms with Crippen LogP contribution >= 0.6 is 0 Å². The van der Waals surface area contributed by atoms with Gasteiger partial charge in [-0.3, -0.25) is 4.98 Å². The molecule has 0 saturated heterocycles. The topological polar surface area (TPSA) is 39.1 Å². The van der Waals surface area contributed by atoms with Crippen molar-refractivity contribution in [3.8, 4) is 5.75 Å². The van der Waals surface area contributed by atoms with Crippen LogP contribution in [0.15, 0.2) is 30.6 Å². The van der Waals surface area contributed by atoms with E-state index in [2.05, 4.69) is 33.3 Å². The Morgan fingerprint density at radius 2 is 2.22 bits per heavy atom. The van der Waals surface area contributed by atoms with Gasteiger partial charge in [0.15, 0.2) is 0 Å². The van der Waals surface area contributed by atoms with Crippen molar-refractivity contribution in [2.24, 2.45) is 0 Å². The summed E-state index contributed by atoms with van der Waals surface area (Å²) in [6.07, 6.45) is 4.20. The minimum absolute atomic E-state index is 0.766. The van der Waals surface area contributed by atoms with Crippen LogP contribution in [0.4, 0.5) is 0 Å². The number of nitrogens with one attached hydrogen (secondary N) is 1. The highest BCUT2D eigenvalue weighted by Crippen LogP contribution is 2.14. The molecule has 0 atom stereocenters. The van der Waals surface area contributed by atoms with Gasteiger partial charge in [0.25, 0.3) is 0 Å². The van der Waals surface area contributed by atoms with Crippen molar-refractivity contribution in [1.82, 2.24) is 14.9 Å². The van der Waals surface area contributed by atoms with Crippen molar-refractivity contribution >= 4 is 0 Å². The molecule has 96 valence electrons. The number of hydrogen-bond donors (Lipinski definition) is 1. The zero-order chi connectivity index (χ0) is 13.0. The van der Waals surface area contributed by atoms with Crippen LogP contribution in [0.2, 0.25) is 0 Å². The Bertz CT molecular complexity index is 520. The SMILES string of the molecule is CNCc1ccn(Cc2cc(OC)cc(C)n2)c1. The molecule has 0 spiro atoms. The van der Waals surface area contributed by atoms with E-state index in [1.54, 1.807) is 7.11 Å². The molecule has 2 heterocycles. The summed E-state index contributed by atoms with van der Waals surface area (Å²) in [7, 11) is 3.63. The van der Waals surface area contributed by atoms with Crippen LogP contribution in [-0.4, -0.2) is 23.7 Å². The van der Waals surface area contributed by atoms with Crippen molar-refractivity contribution in [3.05, 3.63) is 47.5 Å². The smallest absolute Gasteiger partial charge is 0.122 e. The lowest BCUT2D eigenvalue weighted by molar-refractivity contribution is 0.413. The normalized spacial score (nSPS) is 10.6. The van der Waals surface area contributed by atoms with Crippen molar-refractivity contribution in [1.29, 1.82) is 0 Å². The van der Waals surface area contributed by atoms with Crippen LogP contribution in [0, 0.1) is 6.92 Å². The molecular formula is C14H19N3O. The molecule has 2 aromatic rings. The van der Waals surface area contributed by atoms with Gasteiger partial charge in [-0.15, -0.1) is 0 Å². The Morgan fingerprint density at radius 1 is 1.39 bits per heavy atom. The molecule has 4 nitrogen and oxygen atoms in total. The molecule has 0 aromatic carbocycles. The Labute approximate surface area is 108 Å². The number of methoxy groups -OCH3 is 1. The Balaban J connectivity index is 2.14.